The molecule has 2 heterocycles. The van der Waals surface area contributed by atoms with Gasteiger partial charge in [0.15, 0.2) is 0 Å². The molecule has 0 fully saturated rings. The fourth-order valence-electron chi connectivity index (χ4n) is 1.46. The van der Waals surface area contributed by atoms with E-state index in [-0.39, 0.29) is 0 Å². The number of hydrogen-bond donors (Lipinski definition) is 0. The Morgan fingerprint density at radius 3 is 3.42 bits per heavy atom. The second kappa shape index (κ2) is 3.15. The molecule has 2 atom stereocenters. The van der Waals surface area contributed by atoms with E-state index in [9.17, 15) is 0 Å². The lowest BCUT2D eigenvalue weighted by Gasteiger charge is -2.28. The number of rotatable bonds is 1. The van der Waals surface area contributed by atoms with Crippen molar-refractivity contribution in [1.82, 2.24) is 9.32 Å². The summed E-state index contributed by atoms with van der Waals surface area (Å²) in [6, 6.07) is 0. The molecule has 12 heavy (non-hydrogen) atoms. The van der Waals surface area contributed by atoms with Gasteiger partial charge in [0.25, 0.3) is 0 Å². The smallest absolute Gasteiger partial charge is 0.137 e. The summed E-state index contributed by atoms with van der Waals surface area (Å²) >= 11 is 0. The van der Waals surface area contributed by atoms with Gasteiger partial charge in [-0.25, -0.2) is 4.98 Å². The first-order chi connectivity index (χ1) is 5.81. The molecule has 3 nitrogen and oxygen atoms in total. The lowest BCUT2D eigenvalue weighted by Crippen LogP contribution is -2.20. The summed E-state index contributed by atoms with van der Waals surface area (Å²) in [5.41, 5.74) is 0. The third kappa shape index (κ3) is 1.27. The highest BCUT2D eigenvalue weighted by Crippen LogP contribution is 2.44. The van der Waals surface area contributed by atoms with Crippen molar-refractivity contribution >= 4 is 8.30 Å². The molecular formula is C8H13N2OP. The van der Waals surface area contributed by atoms with Crippen molar-refractivity contribution in [3.8, 4) is 0 Å². The predicted molar refractivity (Wildman–Crippen MR) is 49.3 cm³/mol. The first-order valence-electron chi connectivity index (χ1n) is 4.28. The summed E-state index contributed by atoms with van der Waals surface area (Å²) in [5, 5.41) is 0. The zero-order valence-electron chi connectivity index (χ0n) is 7.40. The molecule has 2 rings (SSSR count). The molecule has 0 aromatic carbocycles. The van der Waals surface area contributed by atoms with E-state index < -0.39 is 8.30 Å². The first kappa shape index (κ1) is 8.21. The molecule has 0 bridgehead atoms. The maximum atomic E-state index is 5.81. The normalized spacial score (nSPS) is 28.5. The lowest BCUT2D eigenvalue weighted by molar-refractivity contribution is 0.228. The van der Waals surface area contributed by atoms with Gasteiger partial charge in [0.05, 0.1) is 6.10 Å². The van der Waals surface area contributed by atoms with Gasteiger partial charge in [0.2, 0.25) is 0 Å². The van der Waals surface area contributed by atoms with Crippen LogP contribution in [0.4, 0.5) is 0 Å². The van der Waals surface area contributed by atoms with Crippen molar-refractivity contribution in [2.45, 2.75) is 26.4 Å². The van der Waals surface area contributed by atoms with Crippen LogP contribution < -0.4 is 0 Å². The summed E-state index contributed by atoms with van der Waals surface area (Å²) < 4.78 is 8.00. The maximum absolute atomic E-state index is 5.81. The van der Waals surface area contributed by atoms with Gasteiger partial charge >= 0.3 is 0 Å². The van der Waals surface area contributed by atoms with Crippen molar-refractivity contribution in [2.75, 3.05) is 6.16 Å². The maximum Gasteiger partial charge on any atom is 0.137 e. The highest BCUT2D eigenvalue weighted by atomic mass is 31.2. The summed E-state index contributed by atoms with van der Waals surface area (Å²) in [5.74, 6) is 1.18. The van der Waals surface area contributed by atoms with Crippen LogP contribution >= 0.6 is 8.30 Å². The average molecular weight is 184 g/mol. The Hall–Kier alpha value is -0.400. The second-order valence-electron chi connectivity index (χ2n) is 2.98. The van der Waals surface area contributed by atoms with Crippen molar-refractivity contribution in [1.29, 1.82) is 0 Å². The summed E-state index contributed by atoms with van der Waals surface area (Å²) in [7, 11) is -0.434. The van der Waals surface area contributed by atoms with Gasteiger partial charge in [-0.1, -0.05) is 6.92 Å². The van der Waals surface area contributed by atoms with Gasteiger partial charge in [-0.3, -0.25) is 4.34 Å². The number of nitrogens with zero attached hydrogens (tertiary/aromatic N) is 2. The predicted octanol–water partition coefficient (Wildman–Crippen LogP) is 2.02. The van der Waals surface area contributed by atoms with E-state index in [2.05, 4.69) is 23.2 Å². The second-order valence-corrected chi connectivity index (χ2v) is 4.96. The van der Waals surface area contributed by atoms with Gasteiger partial charge in [-0.05, 0) is 6.92 Å². The van der Waals surface area contributed by atoms with Crippen LogP contribution in [0.3, 0.4) is 0 Å². The highest BCUT2D eigenvalue weighted by Gasteiger charge is 2.23. The Balaban J connectivity index is 2.31. The molecule has 1 unspecified atom stereocenters. The van der Waals surface area contributed by atoms with Crippen molar-refractivity contribution < 1.29 is 4.52 Å². The van der Waals surface area contributed by atoms with E-state index in [1.165, 1.54) is 5.82 Å². The molecule has 4 heteroatoms. The Labute approximate surface area is 73.6 Å². The zero-order valence-corrected chi connectivity index (χ0v) is 8.29. The fourth-order valence-corrected chi connectivity index (χ4v) is 3.10. The SMILES string of the molecule is CCP1O[C@H](C)Cc2nccn21. The third-order valence-corrected chi connectivity index (χ3v) is 3.97. The van der Waals surface area contributed by atoms with Crippen LogP contribution in [-0.2, 0) is 10.9 Å². The van der Waals surface area contributed by atoms with Crippen molar-refractivity contribution in [2.24, 2.45) is 0 Å². The Bertz CT molecular complexity index is 274. The van der Waals surface area contributed by atoms with E-state index in [1.54, 1.807) is 0 Å². The van der Waals surface area contributed by atoms with Crippen LogP contribution in [0, 0.1) is 0 Å². The molecule has 0 saturated heterocycles. The summed E-state index contributed by atoms with van der Waals surface area (Å²) in [6.45, 7) is 4.27. The van der Waals surface area contributed by atoms with Gasteiger partial charge < -0.3 is 4.52 Å². The van der Waals surface area contributed by atoms with Gasteiger partial charge in [-0.15, -0.1) is 0 Å². The topological polar surface area (TPSA) is 27.1 Å². The lowest BCUT2D eigenvalue weighted by atomic mass is 10.3. The number of aromatic nitrogens is 2. The third-order valence-electron chi connectivity index (χ3n) is 1.98. The minimum absolute atomic E-state index is 0.339. The fraction of sp³-hybridized carbons (Fsp3) is 0.625. The Morgan fingerprint density at radius 1 is 1.83 bits per heavy atom. The number of fused-ring (bicyclic) bond motifs is 1. The van der Waals surface area contributed by atoms with E-state index in [0.717, 1.165) is 12.6 Å². The van der Waals surface area contributed by atoms with Crippen LogP contribution in [-0.4, -0.2) is 21.6 Å². The van der Waals surface area contributed by atoms with Crippen LogP contribution in [0.25, 0.3) is 0 Å². The van der Waals surface area contributed by atoms with E-state index in [1.807, 2.05) is 12.4 Å². The number of imidazole rings is 1. The quantitative estimate of drug-likeness (QED) is 0.624. The molecular weight excluding hydrogens is 171 g/mol. The van der Waals surface area contributed by atoms with E-state index in [0.29, 0.717) is 6.10 Å². The first-order valence-corrected chi connectivity index (χ1v) is 5.68. The van der Waals surface area contributed by atoms with Gasteiger partial charge in [0.1, 0.15) is 14.1 Å². The molecule has 0 N–H and O–H groups in total. The molecule has 66 valence electrons. The molecule has 0 aliphatic carbocycles. The summed E-state index contributed by atoms with van der Waals surface area (Å²) in [6.07, 6.45) is 6.25. The molecule has 1 aliphatic rings. The van der Waals surface area contributed by atoms with Crippen LogP contribution in [0.5, 0.6) is 0 Å². The summed E-state index contributed by atoms with van der Waals surface area (Å²) in [4.78, 5) is 4.30. The molecule has 0 radical (unpaired) electrons. The Morgan fingerprint density at radius 2 is 2.67 bits per heavy atom. The molecule has 1 aromatic heterocycles. The standard InChI is InChI=1S/C8H13N2OP/c1-3-12-10-5-4-9-8(10)6-7(2)11-12/h4-5,7H,3,6H2,1-2H3/t7-,12?/m1/s1. The zero-order chi connectivity index (χ0) is 8.55. The van der Waals surface area contributed by atoms with E-state index >= 15 is 0 Å². The molecule has 1 aromatic rings. The monoisotopic (exact) mass is 184 g/mol. The van der Waals surface area contributed by atoms with Crippen molar-refractivity contribution in [3.05, 3.63) is 18.2 Å². The largest absolute Gasteiger partial charge is 0.335 e. The molecule has 0 spiro atoms. The number of hydrogen-bond acceptors (Lipinski definition) is 2. The van der Waals surface area contributed by atoms with Gasteiger partial charge in [-0.2, -0.15) is 0 Å². The van der Waals surface area contributed by atoms with Crippen molar-refractivity contribution in [3.63, 3.8) is 0 Å². The minimum Gasteiger partial charge on any atom is -0.335 e. The average Bonchev–Trinajstić information content (AvgIpc) is 2.50. The Kier molecular flexibility index (Phi) is 2.16. The molecule has 0 amide bonds. The minimum atomic E-state index is -0.434. The highest BCUT2D eigenvalue weighted by molar-refractivity contribution is 7.50. The molecule has 0 saturated carbocycles. The van der Waals surface area contributed by atoms with Crippen LogP contribution in [0.1, 0.15) is 19.7 Å². The van der Waals surface area contributed by atoms with Gasteiger partial charge in [0, 0.05) is 25.0 Å². The van der Waals surface area contributed by atoms with Crippen LogP contribution in [0.2, 0.25) is 0 Å². The van der Waals surface area contributed by atoms with E-state index in [4.69, 9.17) is 4.52 Å². The molecule has 1 aliphatic heterocycles. The van der Waals surface area contributed by atoms with Crippen LogP contribution in [0.15, 0.2) is 12.4 Å².